The van der Waals surface area contributed by atoms with E-state index in [0.717, 1.165) is 6.54 Å². The van der Waals surface area contributed by atoms with Crippen LogP contribution >= 0.6 is 0 Å². The van der Waals surface area contributed by atoms with E-state index in [-0.39, 0.29) is 17.9 Å². The summed E-state index contributed by atoms with van der Waals surface area (Å²) < 4.78 is 10.8. The van der Waals surface area contributed by atoms with Gasteiger partial charge in [-0.1, -0.05) is 0 Å². The summed E-state index contributed by atoms with van der Waals surface area (Å²) in [5.74, 6) is 0.546. The minimum absolute atomic E-state index is 0.0544. The molecule has 3 N–H and O–H groups in total. The number of rotatable bonds is 7. The summed E-state index contributed by atoms with van der Waals surface area (Å²) in [6.45, 7) is 2.35. The van der Waals surface area contributed by atoms with Gasteiger partial charge in [0.25, 0.3) is 0 Å². The fourth-order valence-corrected chi connectivity index (χ4v) is 2.21. The number of carbonyl (C=O) groups excluding carboxylic acids is 2. The molecule has 1 aliphatic rings. The second-order valence-corrected chi connectivity index (χ2v) is 5.27. The van der Waals surface area contributed by atoms with Crippen LogP contribution in [0.25, 0.3) is 0 Å². The fourth-order valence-electron chi connectivity index (χ4n) is 2.21. The Kier molecular flexibility index (Phi) is 6.83. The zero-order valence-electron chi connectivity index (χ0n) is 13.3. The van der Waals surface area contributed by atoms with E-state index in [1.165, 1.54) is 0 Å². The summed E-state index contributed by atoms with van der Waals surface area (Å²) >= 11 is 0. The quantitative estimate of drug-likeness (QED) is 0.681. The maximum atomic E-state index is 12.0. The number of benzene rings is 1. The van der Waals surface area contributed by atoms with Crippen LogP contribution in [0.4, 0.5) is 5.69 Å². The van der Waals surface area contributed by atoms with E-state index in [0.29, 0.717) is 44.1 Å². The molecule has 7 heteroatoms. The third kappa shape index (κ3) is 6.25. The van der Waals surface area contributed by atoms with Crippen molar-refractivity contribution in [2.24, 2.45) is 0 Å². The smallest absolute Gasteiger partial charge is 0.226 e. The lowest BCUT2D eigenvalue weighted by Gasteiger charge is -2.23. The number of nitrogens with one attached hydrogen (secondary N) is 3. The molecule has 1 atom stereocenters. The van der Waals surface area contributed by atoms with Crippen molar-refractivity contribution in [1.82, 2.24) is 10.6 Å². The van der Waals surface area contributed by atoms with Crippen LogP contribution in [-0.2, 0) is 14.3 Å². The average Bonchev–Trinajstić information content (AvgIpc) is 2.57. The molecular formula is C16H23N3O4. The topological polar surface area (TPSA) is 88.7 Å². The molecule has 0 bridgehead atoms. The van der Waals surface area contributed by atoms with Gasteiger partial charge in [-0.15, -0.1) is 0 Å². The van der Waals surface area contributed by atoms with Gasteiger partial charge in [-0.05, 0) is 24.3 Å². The number of hydrogen-bond acceptors (Lipinski definition) is 5. The highest BCUT2D eigenvalue weighted by Gasteiger charge is 2.16. The molecular weight excluding hydrogens is 298 g/mol. The summed E-state index contributed by atoms with van der Waals surface area (Å²) in [6, 6.07) is 7.15. The number of morpholine rings is 1. The molecule has 0 aromatic heterocycles. The van der Waals surface area contributed by atoms with Crippen molar-refractivity contribution in [1.29, 1.82) is 0 Å². The van der Waals surface area contributed by atoms with Crippen LogP contribution in [0.15, 0.2) is 24.3 Å². The van der Waals surface area contributed by atoms with Crippen molar-refractivity contribution in [3.8, 4) is 5.75 Å². The van der Waals surface area contributed by atoms with Crippen LogP contribution in [0, 0.1) is 0 Å². The van der Waals surface area contributed by atoms with E-state index < -0.39 is 0 Å². The lowest BCUT2D eigenvalue weighted by Crippen LogP contribution is -2.43. The van der Waals surface area contributed by atoms with Gasteiger partial charge in [-0.3, -0.25) is 9.59 Å². The molecule has 1 unspecified atom stereocenters. The first kappa shape index (κ1) is 17.2. The predicted molar refractivity (Wildman–Crippen MR) is 86.5 cm³/mol. The lowest BCUT2D eigenvalue weighted by molar-refractivity contribution is -0.121. The Morgan fingerprint density at radius 3 is 2.74 bits per heavy atom. The van der Waals surface area contributed by atoms with Gasteiger partial charge in [-0.25, -0.2) is 0 Å². The maximum Gasteiger partial charge on any atom is 0.226 e. The number of anilines is 1. The third-order valence-corrected chi connectivity index (χ3v) is 3.45. The Morgan fingerprint density at radius 1 is 1.30 bits per heavy atom. The summed E-state index contributed by atoms with van der Waals surface area (Å²) in [5, 5.41) is 8.62. The molecule has 0 saturated carbocycles. The zero-order valence-corrected chi connectivity index (χ0v) is 13.3. The Balaban J connectivity index is 1.73. The largest absolute Gasteiger partial charge is 0.493 e. The molecule has 0 spiro atoms. The number of carbonyl (C=O) groups is 2. The number of ether oxygens (including phenoxy) is 2. The van der Waals surface area contributed by atoms with Crippen molar-refractivity contribution in [2.75, 3.05) is 38.7 Å². The Labute approximate surface area is 135 Å². The van der Waals surface area contributed by atoms with E-state index >= 15 is 0 Å². The standard InChI is InChI=1S/C16H23N3O4/c1-17-15(20)6-8-23-14-4-2-12(3-5-14)19-16(21)10-13-11-22-9-7-18-13/h2-5,13,18H,6-11H2,1H3,(H,17,20)(H,19,21). The van der Waals surface area contributed by atoms with Crippen LogP contribution in [0.5, 0.6) is 5.75 Å². The van der Waals surface area contributed by atoms with Crippen LogP contribution < -0.4 is 20.7 Å². The van der Waals surface area contributed by atoms with Crippen molar-refractivity contribution in [2.45, 2.75) is 18.9 Å². The SMILES string of the molecule is CNC(=O)CCOc1ccc(NC(=O)CC2COCCN2)cc1. The van der Waals surface area contributed by atoms with Crippen molar-refractivity contribution in [3.05, 3.63) is 24.3 Å². The molecule has 1 saturated heterocycles. The molecule has 0 aliphatic carbocycles. The molecule has 1 heterocycles. The second-order valence-electron chi connectivity index (χ2n) is 5.27. The van der Waals surface area contributed by atoms with Crippen LogP contribution in [-0.4, -0.2) is 51.3 Å². The van der Waals surface area contributed by atoms with E-state index in [1.807, 2.05) is 0 Å². The summed E-state index contributed by atoms with van der Waals surface area (Å²) in [4.78, 5) is 23.1. The van der Waals surface area contributed by atoms with Gasteiger partial charge in [0.1, 0.15) is 5.75 Å². The van der Waals surface area contributed by atoms with Crippen molar-refractivity contribution in [3.63, 3.8) is 0 Å². The van der Waals surface area contributed by atoms with Gasteiger partial charge >= 0.3 is 0 Å². The van der Waals surface area contributed by atoms with E-state index in [2.05, 4.69) is 16.0 Å². The molecule has 1 aromatic carbocycles. The molecule has 1 aromatic rings. The number of hydrogen-bond donors (Lipinski definition) is 3. The van der Waals surface area contributed by atoms with Gasteiger partial charge in [0.05, 0.1) is 26.2 Å². The molecule has 23 heavy (non-hydrogen) atoms. The van der Waals surface area contributed by atoms with Crippen LogP contribution in [0.3, 0.4) is 0 Å². The highest BCUT2D eigenvalue weighted by Crippen LogP contribution is 2.16. The van der Waals surface area contributed by atoms with E-state index in [4.69, 9.17) is 9.47 Å². The third-order valence-electron chi connectivity index (χ3n) is 3.45. The first-order chi connectivity index (χ1) is 11.2. The molecule has 126 valence electrons. The molecule has 1 aliphatic heterocycles. The summed E-state index contributed by atoms with van der Waals surface area (Å²) in [6.07, 6.45) is 0.690. The van der Waals surface area contributed by atoms with Crippen LogP contribution in [0.1, 0.15) is 12.8 Å². The average molecular weight is 321 g/mol. The Bertz CT molecular complexity index is 513. The van der Waals surface area contributed by atoms with Gasteiger partial charge in [0.2, 0.25) is 11.8 Å². The maximum absolute atomic E-state index is 12.0. The number of amides is 2. The van der Waals surface area contributed by atoms with E-state index in [9.17, 15) is 9.59 Å². The van der Waals surface area contributed by atoms with Crippen molar-refractivity contribution < 1.29 is 19.1 Å². The molecule has 2 amide bonds. The van der Waals surface area contributed by atoms with Crippen molar-refractivity contribution >= 4 is 17.5 Å². The predicted octanol–water partition coefficient (Wildman–Crippen LogP) is 0.519. The van der Waals surface area contributed by atoms with Gasteiger partial charge < -0.3 is 25.4 Å². The summed E-state index contributed by atoms with van der Waals surface area (Å²) in [7, 11) is 1.59. The lowest BCUT2D eigenvalue weighted by atomic mass is 10.2. The highest BCUT2D eigenvalue weighted by molar-refractivity contribution is 5.91. The zero-order chi connectivity index (χ0) is 16.5. The normalized spacial score (nSPS) is 17.3. The van der Waals surface area contributed by atoms with E-state index in [1.54, 1.807) is 31.3 Å². The highest BCUT2D eigenvalue weighted by atomic mass is 16.5. The molecule has 7 nitrogen and oxygen atoms in total. The molecule has 2 rings (SSSR count). The first-order valence-electron chi connectivity index (χ1n) is 7.72. The van der Waals surface area contributed by atoms with Gasteiger partial charge in [0, 0.05) is 31.7 Å². The molecule has 1 fully saturated rings. The monoisotopic (exact) mass is 321 g/mol. The first-order valence-corrected chi connectivity index (χ1v) is 7.72. The minimum Gasteiger partial charge on any atom is -0.493 e. The van der Waals surface area contributed by atoms with Gasteiger partial charge in [-0.2, -0.15) is 0 Å². The minimum atomic E-state index is -0.0609. The Hall–Kier alpha value is -2.12. The van der Waals surface area contributed by atoms with Crippen LogP contribution in [0.2, 0.25) is 0 Å². The fraction of sp³-hybridized carbons (Fsp3) is 0.500. The molecule has 0 radical (unpaired) electrons. The second kappa shape index (κ2) is 9.12. The van der Waals surface area contributed by atoms with Gasteiger partial charge in [0.15, 0.2) is 0 Å². The summed E-state index contributed by atoms with van der Waals surface area (Å²) in [5.41, 5.74) is 0.713. The Morgan fingerprint density at radius 2 is 2.09 bits per heavy atom.